The molecule has 1 heterocycles. The Kier molecular flexibility index (Phi) is 2.90. The fraction of sp³-hybridized carbons (Fsp3) is 0.300. The summed E-state index contributed by atoms with van der Waals surface area (Å²) in [5.74, 6) is 0.910. The second-order valence-corrected chi connectivity index (χ2v) is 3.20. The van der Waals surface area contributed by atoms with Crippen molar-refractivity contribution in [1.29, 1.82) is 0 Å². The van der Waals surface area contributed by atoms with E-state index >= 15 is 0 Å². The third-order valence-corrected chi connectivity index (χ3v) is 1.60. The molecule has 0 saturated heterocycles. The average molecular weight is 177 g/mol. The number of H-pyrrole nitrogens is 1. The minimum atomic E-state index is 0.394. The molecule has 3 nitrogen and oxygen atoms in total. The fourth-order valence-electron chi connectivity index (χ4n) is 0.976. The number of aromatic nitrogens is 2. The molecule has 3 heteroatoms. The van der Waals surface area contributed by atoms with E-state index in [2.05, 4.69) is 42.5 Å². The summed E-state index contributed by atoms with van der Waals surface area (Å²) in [4.78, 5) is 0. The molecule has 0 aliphatic rings. The van der Waals surface area contributed by atoms with E-state index in [1.807, 2.05) is 6.07 Å². The summed E-state index contributed by atoms with van der Waals surface area (Å²) in [6, 6.07) is 2.31. The zero-order valence-electron chi connectivity index (χ0n) is 8.09. The second kappa shape index (κ2) is 3.94. The summed E-state index contributed by atoms with van der Waals surface area (Å²) in [5.41, 5.74) is 1.66. The SMILES string of the molecule is C=CC(=C)c1cc(NC(C)C)[nH]n1. The van der Waals surface area contributed by atoms with Crippen molar-refractivity contribution in [3.63, 3.8) is 0 Å². The van der Waals surface area contributed by atoms with Crippen molar-refractivity contribution in [3.05, 3.63) is 31.0 Å². The number of nitrogens with zero attached hydrogens (tertiary/aromatic N) is 1. The molecule has 0 amide bonds. The smallest absolute Gasteiger partial charge is 0.122 e. The van der Waals surface area contributed by atoms with Crippen LogP contribution in [0.1, 0.15) is 19.5 Å². The van der Waals surface area contributed by atoms with Gasteiger partial charge in [-0.05, 0) is 19.4 Å². The van der Waals surface area contributed by atoms with Crippen molar-refractivity contribution in [3.8, 4) is 0 Å². The molecule has 0 spiro atoms. The van der Waals surface area contributed by atoms with E-state index in [9.17, 15) is 0 Å². The van der Waals surface area contributed by atoms with Crippen LogP contribution in [0.5, 0.6) is 0 Å². The number of aromatic amines is 1. The molecule has 0 aromatic carbocycles. The normalized spacial score (nSPS) is 10.1. The van der Waals surface area contributed by atoms with E-state index in [4.69, 9.17) is 0 Å². The van der Waals surface area contributed by atoms with Crippen LogP contribution in [0.4, 0.5) is 5.82 Å². The van der Waals surface area contributed by atoms with Crippen LogP contribution in [-0.2, 0) is 0 Å². The third-order valence-electron chi connectivity index (χ3n) is 1.60. The molecule has 0 fully saturated rings. The predicted molar refractivity (Wildman–Crippen MR) is 56.6 cm³/mol. The number of anilines is 1. The summed E-state index contributed by atoms with van der Waals surface area (Å²) < 4.78 is 0. The first-order valence-electron chi connectivity index (χ1n) is 4.27. The molecule has 0 atom stereocenters. The monoisotopic (exact) mass is 177 g/mol. The van der Waals surface area contributed by atoms with Gasteiger partial charge in [-0.25, -0.2) is 0 Å². The highest BCUT2D eigenvalue weighted by Gasteiger charge is 2.02. The Morgan fingerprint density at radius 1 is 1.69 bits per heavy atom. The van der Waals surface area contributed by atoms with Gasteiger partial charge in [-0.3, -0.25) is 5.10 Å². The quantitative estimate of drug-likeness (QED) is 0.693. The molecule has 0 aliphatic carbocycles. The lowest BCUT2D eigenvalue weighted by Gasteiger charge is -2.04. The van der Waals surface area contributed by atoms with Gasteiger partial charge in [0.1, 0.15) is 5.82 Å². The second-order valence-electron chi connectivity index (χ2n) is 3.20. The van der Waals surface area contributed by atoms with Gasteiger partial charge in [0.25, 0.3) is 0 Å². The summed E-state index contributed by atoms with van der Waals surface area (Å²) >= 11 is 0. The molecule has 0 saturated carbocycles. The summed E-state index contributed by atoms with van der Waals surface area (Å²) in [6.45, 7) is 11.6. The summed E-state index contributed by atoms with van der Waals surface area (Å²) in [6.07, 6.45) is 1.69. The minimum absolute atomic E-state index is 0.394. The van der Waals surface area contributed by atoms with Crippen molar-refractivity contribution >= 4 is 11.4 Å². The lowest BCUT2D eigenvalue weighted by Crippen LogP contribution is -2.09. The molecule has 1 aromatic heterocycles. The number of hydrogen-bond acceptors (Lipinski definition) is 2. The molecule has 1 aromatic rings. The fourth-order valence-corrected chi connectivity index (χ4v) is 0.976. The van der Waals surface area contributed by atoms with E-state index in [0.29, 0.717) is 6.04 Å². The van der Waals surface area contributed by atoms with Gasteiger partial charge in [0.2, 0.25) is 0 Å². The zero-order valence-corrected chi connectivity index (χ0v) is 8.09. The summed E-state index contributed by atoms with van der Waals surface area (Å²) in [7, 11) is 0. The molecule has 0 aliphatic heterocycles. The van der Waals surface area contributed by atoms with Crippen LogP contribution < -0.4 is 5.32 Å². The lowest BCUT2D eigenvalue weighted by molar-refractivity contribution is 0.884. The Bertz CT molecular complexity index is 310. The van der Waals surface area contributed by atoms with Crippen molar-refractivity contribution in [2.75, 3.05) is 5.32 Å². The van der Waals surface area contributed by atoms with E-state index in [1.165, 1.54) is 0 Å². The number of hydrogen-bond donors (Lipinski definition) is 2. The molecule has 0 radical (unpaired) electrons. The molecule has 13 heavy (non-hydrogen) atoms. The van der Waals surface area contributed by atoms with Crippen molar-refractivity contribution in [2.45, 2.75) is 19.9 Å². The van der Waals surface area contributed by atoms with Crippen LogP contribution in [0, 0.1) is 0 Å². The minimum Gasteiger partial charge on any atom is -0.368 e. The molecule has 2 N–H and O–H groups in total. The van der Waals surface area contributed by atoms with Crippen LogP contribution in [0.2, 0.25) is 0 Å². The Hall–Kier alpha value is -1.51. The van der Waals surface area contributed by atoms with Gasteiger partial charge >= 0.3 is 0 Å². The van der Waals surface area contributed by atoms with Crippen molar-refractivity contribution in [1.82, 2.24) is 10.2 Å². The zero-order chi connectivity index (χ0) is 9.84. The standard InChI is InChI=1S/C10H15N3/c1-5-8(4)9-6-10(13-12-9)11-7(2)3/h5-7H,1,4H2,2-3H3,(H2,11,12,13). The maximum atomic E-state index is 4.08. The van der Waals surface area contributed by atoms with E-state index in [1.54, 1.807) is 6.08 Å². The van der Waals surface area contributed by atoms with Gasteiger partial charge in [-0.1, -0.05) is 19.2 Å². The Morgan fingerprint density at radius 2 is 2.38 bits per heavy atom. The molecular formula is C10H15N3. The van der Waals surface area contributed by atoms with Gasteiger partial charge in [-0.2, -0.15) is 5.10 Å². The molecular weight excluding hydrogens is 162 g/mol. The molecule has 0 unspecified atom stereocenters. The summed E-state index contributed by atoms with van der Waals surface area (Å²) in [5, 5.41) is 10.2. The highest BCUT2D eigenvalue weighted by molar-refractivity contribution is 5.70. The van der Waals surface area contributed by atoms with Crippen LogP contribution in [0.3, 0.4) is 0 Å². The average Bonchev–Trinajstić information content (AvgIpc) is 2.50. The van der Waals surface area contributed by atoms with Crippen LogP contribution in [0.25, 0.3) is 5.57 Å². The molecule has 1 rings (SSSR count). The van der Waals surface area contributed by atoms with Gasteiger partial charge in [0.15, 0.2) is 0 Å². The van der Waals surface area contributed by atoms with Crippen molar-refractivity contribution in [2.24, 2.45) is 0 Å². The van der Waals surface area contributed by atoms with Crippen LogP contribution in [-0.4, -0.2) is 16.2 Å². The first kappa shape index (κ1) is 9.58. The van der Waals surface area contributed by atoms with Crippen LogP contribution in [0.15, 0.2) is 25.3 Å². The van der Waals surface area contributed by atoms with Gasteiger partial charge in [-0.15, -0.1) is 0 Å². The number of rotatable bonds is 4. The first-order valence-corrected chi connectivity index (χ1v) is 4.27. The number of allylic oxidation sites excluding steroid dienone is 2. The highest BCUT2D eigenvalue weighted by atomic mass is 15.2. The predicted octanol–water partition coefficient (Wildman–Crippen LogP) is 2.43. The Balaban J connectivity index is 2.74. The van der Waals surface area contributed by atoms with Crippen molar-refractivity contribution < 1.29 is 0 Å². The van der Waals surface area contributed by atoms with E-state index < -0.39 is 0 Å². The van der Waals surface area contributed by atoms with Gasteiger partial charge < -0.3 is 5.32 Å². The van der Waals surface area contributed by atoms with E-state index in [-0.39, 0.29) is 0 Å². The molecule has 0 bridgehead atoms. The maximum Gasteiger partial charge on any atom is 0.122 e. The van der Waals surface area contributed by atoms with E-state index in [0.717, 1.165) is 17.1 Å². The van der Waals surface area contributed by atoms with Gasteiger partial charge in [0, 0.05) is 12.1 Å². The highest BCUT2D eigenvalue weighted by Crippen LogP contribution is 2.14. The first-order chi connectivity index (χ1) is 6.13. The van der Waals surface area contributed by atoms with Gasteiger partial charge in [0.05, 0.1) is 5.69 Å². The van der Waals surface area contributed by atoms with Crippen LogP contribution >= 0.6 is 0 Å². The largest absolute Gasteiger partial charge is 0.368 e. The Labute approximate surface area is 78.6 Å². The lowest BCUT2D eigenvalue weighted by atomic mass is 10.2. The Morgan fingerprint density at radius 3 is 2.92 bits per heavy atom. The molecule has 70 valence electrons. The topological polar surface area (TPSA) is 40.7 Å². The maximum absolute atomic E-state index is 4.08. The third kappa shape index (κ3) is 2.47. The number of nitrogens with one attached hydrogen (secondary N) is 2.